The van der Waals surface area contributed by atoms with E-state index in [0.29, 0.717) is 31.1 Å². The molecule has 8 nitrogen and oxygen atoms in total. The van der Waals surface area contributed by atoms with Crippen LogP contribution in [0, 0.1) is 0 Å². The second-order valence-electron chi connectivity index (χ2n) is 4.97. The molecule has 0 bridgehead atoms. The maximum atomic E-state index is 12.0. The monoisotopic (exact) mass is 318 g/mol. The lowest BCUT2D eigenvalue weighted by Gasteiger charge is -2.10. The maximum absolute atomic E-state index is 12.0. The average molecular weight is 318 g/mol. The molecule has 0 atom stereocenters. The molecule has 0 aliphatic carbocycles. The molecule has 1 aliphatic rings. The summed E-state index contributed by atoms with van der Waals surface area (Å²) in [5.41, 5.74) is 4.11. The minimum Gasteiger partial charge on any atom is -0.497 e. The first kappa shape index (κ1) is 15.3. The minimum absolute atomic E-state index is 0.369. The van der Waals surface area contributed by atoms with E-state index in [9.17, 15) is 4.79 Å². The molecule has 2 heterocycles. The molecule has 0 spiro atoms. The van der Waals surface area contributed by atoms with E-state index in [4.69, 9.17) is 14.4 Å². The fraction of sp³-hybridized carbons (Fsp3) is 0.333. The van der Waals surface area contributed by atoms with Gasteiger partial charge < -0.3 is 9.47 Å². The Hall–Kier alpha value is -2.58. The van der Waals surface area contributed by atoms with Crippen molar-refractivity contribution >= 4 is 11.8 Å². The molecule has 2 aromatic rings. The number of hydrogen-bond donors (Lipinski definition) is 1. The van der Waals surface area contributed by atoms with Gasteiger partial charge >= 0.3 is 5.97 Å². The molecule has 0 amide bonds. The lowest BCUT2D eigenvalue weighted by Crippen LogP contribution is -2.19. The van der Waals surface area contributed by atoms with Crippen molar-refractivity contribution in [3.05, 3.63) is 41.6 Å². The Morgan fingerprint density at radius 1 is 1.35 bits per heavy atom. The smallest absolute Gasteiger partial charge is 0.356 e. The molecule has 122 valence electrons. The molecule has 3 rings (SSSR count). The van der Waals surface area contributed by atoms with Crippen LogP contribution >= 0.6 is 0 Å². The number of ether oxygens (including phenoxy) is 2. The van der Waals surface area contributed by atoms with Crippen molar-refractivity contribution in [3.63, 3.8) is 0 Å². The zero-order valence-electron chi connectivity index (χ0n) is 13.0. The third-order valence-corrected chi connectivity index (χ3v) is 3.50. The van der Waals surface area contributed by atoms with Gasteiger partial charge in [0.2, 0.25) is 0 Å². The summed E-state index contributed by atoms with van der Waals surface area (Å²) in [5, 5.41) is 6.04. The molecule has 23 heavy (non-hydrogen) atoms. The van der Waals surface area contributed by atoms with Crippen LogP contribution in [0.4, 0.5) is 5.82 Å². The van der Waals surface area contributed by atoms with Crippen LogP contribution in [0.1, 0.15) is 16.1 Å². The van der Waals surface area contributed by atoms with Crippen LogP contribution in [0.15, 0.2) is 30.3 Å². The van der Waals surface area contributed by atoms with Gasteiger partial charge in [-0.1, -0.05) is 12.1 Å². The number of esters is 1. The lowest BCUT2D eigenvalue weighted by molar-refractivity contribution is 0.0587. The van der Waals surface area contributed by atoms with E-state index in [1.165, 1.54) is 7.11 Å². The van der Waals surface area contributed by atoms with Crippen LogP contribution in [0.5, 0.6) is 5.75 Å². The van der Waals surface area contributed by atoms with E-state index < -0.39 is 5.97 Å². The summed E-state index contributed by atoms with van der Waals surface area (Å²) in [7, 11) is 2.97. The SMILES string of the molecule is COC(=O)c1cc(N2CCNO2)nn1Cc1ccc(OC)cc1. The highest BCUT2D eigenvalue weighted by atomic mass is 16.8. The van der Waals surface area contributed by atoms with Crippen molar-refractivity contribution < 1.29 is 19.2 Å². The number of aromatic nitrogens is 2. The number of benzene rings is 1. The quantitative estimate of drug-likeness (QED) is 0.823. The zero-order valence-corrected chi connectivity index (χ0v) is 13.0. The number of carbonyl (C=O) groups excluding carboxylic acids is 1. The summed E-state index contributed by atoms with van der Waals surface area (Å²) in [6.45, 7) is 1.79. The third kappa shape index (κ3) is 3.27. The topological polar surface area (TPSA) is 77.9 Å². The molecule has 0 unspecified atom stereocenters. The van der Waals surface area contributed by atoms with Crippen LogP contribution in [-0.2, 0) is 16.2 Å². The molecule has 0 radical (unpaired) electrons. The Morgan fingerprint density at radius 2 is 2.13 bits per heavy atom. The fourth-order valence-electron chi connectivity index (χ4n) is 2.30. The minimum atomic E-state index is -0.440. The van der Waals surface area contributed by atoms with E-state index in [0.717, 1.165) is 11.3 Å². The molecule has 1 saturated heterocycles. The van der Waals surface area contributed by atoms with Gasteiger partial charge in [-0.25, -0.2) is 9.86 Å². The Kier molecular flexibility index (Phi) is 4.45. The maximum Gasteiger partial charge on any atom is 0.356 e. The number of hydrogen-bond acceptors (Lipinski definition) is 7. The Bertz CT molecular complexity index is 677. The molecular formula is C15H18N4O4. The first-order valence-corrected chi connectivity index (χ1v) is 7.17. The summed E-state index contributed by atoms with van der Waals surface area (Å²) in [5.74, 6) is 0.896. The predicted molar refractivity (Wildman–Crippen MR) is 82.1 cm³/mol. The number of nitrogens with zero attached hydrogens (tertiary/aromatic N) is 3. The summed E-state index contributed by atoms with van der Waals surface area (Å²) in [6.07, 6.45) is 0. The van der Waals surface area contributed by atoms with Crippen molar-refractivity contribution in [2.75, 3.05) is 32.4 Å². The largest absolute Gasteiger partial charge is 0.497 e. The van der Waals surface area contributed by atoms with E-state index >= 15 is 0 Å². The first-order valence-electron chi connectivity index (χ1n) is 7.17. The van der Waals surface area contributed by atoms with Gasteiger partial charge in [0.05, 0.1) is 27.3 Å². The van der Waals surface area contributed by atoms with E-state index in [-0.39, 0.29) is 0 Å². The van der Waals surface area contributed by atoms with Crippen molar-refractivity contribution in [2.24, 2.45) is 0 Å². The summed E-state index contributed by atoms with van der Waals surface area (Å²) < 4.78 is 11.6. The lowest BCUT2D eigenvalue weighted by atomic mass is 10.2. The summed E-state index contributed by atoms with van der Waals surface area (Å²) in [4.78, 5) is 17.2. The standard InChI is InChI=1S/C15H18N4O4/c1-21-12-5-3-11(4-6-12)10-18-13(15(20)22-2)9-14(17-18)19-8-7-16-23-19/h3-6,9,16H,7-8,10H2,1-2H3. The number of carbonyl (C=O) groups is 1. The number of hydroxylamine groups is 2. The highest BCUT2D eigenvalue weighted by molar-refractivity contribution is 5.88. The highest BCUT2D eigenvalue weighted by Crippen LogP contribution is 2.19. The van der Waals surface area contributed by atoms with E-state index in [1.54, 1.807) is 22.9 Å². The van der Waals surface area contributed by atoms with Crippen LogP contribution in [0.25, 0.3) is 0 Å². The fourth-order valence-corrected chi connectivity index (χ4v) is 2.30. The number of rotatable bonds is 5. The normalized spacial score (nSPS) is 14.1. The molecule has 8 heteroatoms. The zero-order chi connectivity index (χ0) is 16.2. The molecule has 0 saturated carbocycles. The molecule has 1 aromatic carbocycles. The van der Waals surface area contributed by atoms with Gasteiger partial charge in [0.25, 0.3) is 0 Å². The van der Waals surface area contributed by atoms with Crippen LogP contribution in [0.3, 0.4) is 0 Å². The van der Waals surface area contributed by atoms with Crippen LogP contribution in [-0.4, -0.2) is 43.1 Å². The predicted octanol–water partition coefficient (Wildman–Crippen LogP) is 0.983. The Labute approximate surface area is 133 Å². The number of anilines is 1. The van der Waals surface area contributed by atoms with Crippen molar-refractivity contribution in [1.29, 1.82) is 0 Å². The van der Waals surface area contributed by atoms with E-state index in [2.05, 4.69) is 10.6 Å². The van der Waals surface area contributed by atoms with Gasteiger partial charge in [-0.3, -0.25) is 4.68 Å². The van der Waals surface area contributed by atoms with E-state index in [1.807, 2.05) is 24.3 Å². The van der Waals surface area contributed by atoms with Crippen molar-refractivity contribution in [3.8, 4) is 5.75 Å². The highest BCUT2D eigenvalue weighted by Gasteiger charge is 2.22. The second-order valence-corrected chi connectivity index (χ2v) is 4.97. The van der Waals surface area contributed by atoms with Gasteiger partial charge in [-0.2, -0.15) is 15.5 Å². The van der Waals surface area contributed by atoms with Crippen LogP contribution < -0.4 is 15.3 Å². The summed E-state index contributed by atoms with van der Waals surface area (Å²) in [6, 6.07) is 9.24. The van der Waals surface area contributed by atoms with Gasteiger partial charge in [-0.15, -0.1) is 0 Å². The number of nitrogens with one attached hydrogen (secondary N) is 1. The Balaban J connectivity index is 1.87. The van der Waals surface area contributed by atoms with Gasteiger partial charge in [0, 0.05) is 12.6 Å². The third-order valence-electron chi connectivity index (χ3n) is 3.50. The average Bonchev–Trinajstić information content (AvgIpc) is 3.24. The van der Waals surface area contributed by atoms with Gasteiger partial charge in [0.15, 0.2) is 5.82 Å². The van der Waals surface area contributed by atoms with Gasteiger partial charge in [-0.05, 0) is 17.7 Å². The molecular weight excluding hydrogens is 300 g/mol. The number of methoxy groups -OCH3 is 2. The molecule has 1 fully saturated rings. The van der Waals surface area contributed by atoms with Crippen LogP contribution in [0.2, 0.25) is 0 Å². The molecule has 1 aromatic heterocycles. The molecule has 1 N–H and O–H groups in total. The molecule has 1 aliphatic heterocycles. The second kappa shape index (κ2) is 6.67. The van der Waals surface area contributed by atoms with Crippen molar-refractivity contribution in [2.45, 2.75) is 6.54 Å². The van der Waals surface area contributed by atoms with Gasteiger partial charge in [0.1, 0.15) is 11.4 Å². The first-order chi connectivity index (χ1) is 11.2. The van der Waals surface area contributed by atoms with Crippen molar-refractivity contribution in [1.82, 2.24) is 15.3 Å². The summed E-state index contributed by atoms with van der Waals surface area (Å²) >= 11 is 0. The Morgan fingerprint density at radius 3 is 2.74 bits per heavy atom.